The summed E-state index contributed by atoms with van der Waals surface area (Å²) in [7, 11) is 3.33. The maximum absolute atomic E-state index is 11.9. The molecule has 2 N–H and O–H groups in total. The van der Waals surface area contributed by atoms with Crippen LogP contribution in [0.5, 0.6) is 0 Å². The van der Waals surface area contributed by atoms with Gasteiger partial charge in [-0.05, 0) is 12.0 Å². The molecule has 1 unspecified atom stereocenters. The Bertz CT molecular complexity index is 514. The Morgan fingerprint density at radius 1 is 1.14 bits per heavy atom. The lowest BCUT2D eigenvalue weighted by Crippen LogP contribution is -2.30. The largest absolute Gasteiger partial charge is 0.481 e. The number of hydrogen-bond donors (Lipinski definition) is 2. The van der Waals surface area contributed by atoms with Crippen molar-refractivity contribution in [2.45, 2.75) is 31.7 Å². The van der Waals surface area contributed by atoms with E-state index in [1.807, 2.05) is 6.07 Å². The van der Waals surface area contributed by atoms with Crippen molar-refractivity contribution in [3.8, 4) is 0 Å². The van der Waals surface area contributed by atoms with Gasteiger partial charge in [0.1, 0.15) is 0 Å². The van der Waals surface area contributed by atoms with Crippen LogP contribution in [0.3, 0.4) is 0 Å². The first kappa shape index (κ1) is 17.7. The van der Waals surface area contributed by atoms with Crippen LogP contribution in [0.4, 0.5) is 0 Å². The van der Waals surface area contributed by atoms with Gasteiger partial charge in [0.2, 0.25) is 11.8 Å². The van der Waals surface area contributed by atoms with Crippen LogP contribution < -0.4 is 5.32 Å². The van der Waals surface area contributed by atoms with Crippen LogP contribution in [0.15, 0.2) is 30.3 Å². The molecular weight excluding hydrogens is 284 g/mol. The molecular formula is C16H22N2O4. The third-order valence-corrected chi connectivity index (χ3v) is 3.21. The molecule has 1 atom stereocenters. The molecule has 0 radical (unpaired) electrons. The van der Waals surface area contributed by atoms with E-state index in [0.29, 0.717) is 12.8 Å². The summed E-state index contributed by atoms with van der Waals surface area (Å²) in [5.74, 6) is -1.25. The van der Waals surface area contributed by atoms with Crippen molar-refractivity contribution in [3.63, 3.8) is 0 Å². The lowest BCUT2D eigenvalue weighted by molar-refractivity contribution is -0.137. The summed E-state index contributed by atoms with van der Waals surface area (Å²) in [6.07, 6.45) is 0.766. The molecule has 1 aromatic rings. The van der Waals surface area contributed by atoms with E-state index < -0.39 is 12.0 Å². The average molecular weight is 306 g/mol. The molecule has 22 heavy (non-hydrogen) atoms. The van der Waals surface area contributed by atoms with Crippen molar-refractivity contribution >= 4 is 17.8 Å². The minimum absolute atomic E-state index is 0.0297. The fraction of sp³-hybridized carbons (Fsp3) is 0.438. The predicted octanol–water partition coefficient (Wildman–Crippen LogP) is 1.58. The van der Waals surface area contributed by atoms with Gasteiger partial charge in [-0.1, -0.05) is 30.3 Å². The topological polar surface area (TPSA) is 86.7 Å². The maximum atomic E-state index is 11.9. The van der Waals surface area contributed by atoms with Crippen molar-refractivity contribution in [2.75, 3.05) is 14.1 Å². The van der Waals surface area contributed by atoms with Crippen LogP contribution in [0.2, 0.25) is 0 Å². The second-order valence-electron chi connectivity index (χ2n) is 5.27. The molecule has 0 fully saturated rings. The third kappa shape index (κ3) is 6.39. The number of benzene rings is 1. The highest BCUT2D eigenvalue weighted by Gasteiger charge is 2.18. The smallest absolute Gasteiger partial charge is 0.305 e. The second kappa shape index (κ2) is 8.81. The van der Waals surface area contributed by atoms with E-state index in [1.54, 1.807) is 38.4 Å². The predicted molar refractivity (Wildman–Crippen MR) is 82.1 cm³/mol. The van der Waals surface area contributed by atoms with E-state index in [1.165, 1.54) is 4.90 Å². The Labute approximate surface area is 130 Å². The summed E-state index contributed by atoms with van der Waals surface area (Å²) in [4.78, 5) is 35.8. The number of aliphatic carboxylic acids is 1. The van der Waals surface area contributed by atoms with E-state index in [9.17, 15) is 14.4 Å². The zero-order valence-electron chi connectivity index (χ0n) is 12.9. The zero-order chi connectivity index (χ0) is 16.5. The number of carbonyl (C=O) groups is 3. The quantitative estimate of drug-likeness (QED) is 0.763. The van der Waals surface area contributed by atoms with E-state index in [2.05, 4.69) is 5.32 Å². The number of amides is 2. The Morgan fingerprint density at radius 2 is 1.77 bits per heavy atom. The summed E-state index contributed by atoms with van der Waals surface area (Å²) < 4.78 is 0. The number of carbonyl (C=O) groups excluding carboxylic acids is 2. The Hall–Kier alpha value is -2.37. The maximum Gasteiger partial charge on any atom is 0.305 e. The number of rotatable bonds is 8. The minimum atomic E-state index is -0.975. The Balaban J connectivity index is 2.53. The van der Waals surface area contributed by atoms with Gasteiger partial charge in [-0.3, -0.25) is 14.4 Å². The molecule has 0 aliphatic rings. The number of carboxylic acid groups (broad SMARTS) is 1. The van der Waals surface area contributed by atoms with Gasteiger partial charge in [0, 0.05) is 26.9 Å². The zero-order valence-corrected chi connectivity index (χ0v) is 12.9. The van der Waals surface area contributed by atoms with Crippen molar-refractivity contribution < 1.29 is 19.5 Å². The van der Waals surface area contributed by atoms with Gasteiger partial charge in [0.25, 0.3) is 0 Å². The fourth-order valence-corrected chi connectivity index (χ4v) is 2.00. The molecule has 0 aromatic heterocycles. The monoisotopic (exact) mass is 306 g/mol. The lowest BCUT2D eigenvalue weighted by Gasteiger charge is -2.17. The highest BCUT2D eigenvalue weighted by molar-refractivity contribution is 5.79. The molecule has 2 amide bonds. The molecule has 1 aromatic carbocycles. The van der Waals surface area contributed by atoms with E-state index >= 15 is 0 Å². The third-order valence-electron chi connectivity index (χ3n) is 3.21. The van der Waals surface area contributed by atoms with Crippen molar-refractivity contribution in [1.82, 2.24) is 10.2 Å². The normalized spacial score (nSPS) is 11.5. The summed E-state index contributed by atoms with van der Waals surface area (Å²) in [6.45, 7) is 0. The van der Waals surface area contributed by atoms with Gasteiger partial charge < -0.3 is 15.3 Å². The molecule has 0 saturated heterocycles. The summed E-state index contributed by atoms with van der Waals surface area (Å²) in [5.41, 5.74) is 0.752. The highest BCUT2D eigenvalue weighted by atomic mass is 16.4. The van der Waals surface area contributed by atoms with Crippen LogP contribution in [0.25, 0.3) is 0 Å². The number of nitrogens with one attached hydrogen (secondary N) is 1. The Kier molecular flexibility index (Phi) is 7.08. The minimum Gasteiger partial charge on any atom is -0.481 e. The standard InChI is InChI=1S/C16H22N2O4/c1-18(2)15(20)10-6-9-14(19)17-13(11-16(21)22)12-7-4-3-5-8-12/h3-5,7-8,13H,6,9-11H2,1-2H3,(H,17,19)(H,21,22). The lowest BCUT2D eigenvalue weighted by atomic mass is 10.0. The summed E-state index contributed by atoms with van der Waals surface area (Å²) in [6, 6.07) is 8.43. The van der Waals surface area contributed by atoms with E-state index in [4.69, 9.17) is 5.11 Å². The van der Waals surface area contributed by atoms with Gasteiger partial charge in [0.15, 0.2) is 0 Å². The van der Waals surface area contributed by atoms with Crippen molar-refractivity contribution in [1.29, 1.82) is 0 Å². The Morgan fingerprint density at radius 3 is 2.32 bits per heavy atom. The first-order chi connectivity index (χ1) is 10.4. The SMILES string of the molecule is CN(C)C(=O)CCCC(=O)NC(CC(=O)O)c1ccccc1. The van der Waals surface area contributed by atoms with Crippen molar-refractivity contribution in [2.24, 2.45) is 0 Å². The molecule has 6 nitrogen and oxygen atoms in total. The molecule has 0 aliphatic carbocycles. The molecule has 0 aliphatic heterocycles. The molecule has 1 rings (SSSR count). The molecule has 0 bridgehead atoms. The fourth-order valence-electron chi connectivity index (χ4n) is 2.00. The first-order valence-electron chi connectivity index (χ1n) is 7.16. The molecule has 120 valence electrons. The van der Waals surface area contributed by atoms with Crippen LogP contribution in [-0.4, -0.2) is 41.9 Å². The van der Waals surface area contributed by atoms with Crippen LogP contribution in [-0.2, 0) is 14.4 Å². The van der Waals surface area contributed by atoms with Gasteiger partial charge in [0.05, 0.1) is 12.5 Å². The number of carboxylic acids is 1. The van der Waals surface area contributed by atoms with Gasteiger partial charge >= 0.3 is 5.97 Å². The first-order valence-corrected chi connectivity index (χ1v) is 7.16. The number of hydrogen-bond acceptors (Lipinski definition) is 3. The molecule has 0 saturated carbocycles. The van der Waals surface area contributed by atoms with Gasteiger partial charge in [-0.25, -0.2) is 0 Å². The summed E-state index contributed by atoms with van der Waals surface area (Å²) in [5, 5.41) is 11.7. The highest BCUT2D eigenvalue weighted by Crippen LogP contribution is 2.17. The number of nitrogens with zero attached hydrogens (tertiary/aromatic N) is 1. The van der Waals surface area contributed by atoms with Gasteiger partial charge in [-0.2, -0.15) is 0 Å². The van der Waals surface area contributed by atoms with E-state index in [-0.39, 0.29) is 24.7 Å². The van der Waals surface area contributed by atoms with Gasteiger partial charge in [-0.15, -0.1) is 0 Å². The van der Waals surface area contributed by atoms with Crippen molar-refractivity contribution in [3.05, 3.63) is 35.9 Å². The van der Waals surface area contributed by atoms with Crippen LogP contribution >= 0.6 is 0 Å². The average Bonchev–Trinajstić information content (AvgIpc) is 2.46. The van der Waals surface area contributed by atoms with Crippen LogP contribution in [0, 0.1) is 0 Å². The summed E-state index contributed by atoms with van der Waals surface area (Å²) >= 11 is 0. The molecule has 0 heterocycles. The molecule has 0 spiro atoms. The van der Waals surface area contributed by atoms with E-state index in [0.717, 1.165) is 5.56 Å². The molecule has 6 heteroatoms. The second-order valence-corrected chi connectivity index (χ2v) is 5.27. The van der Waals surface area contributed by atoms with Crippen LogP contribution in [0.1, 0.15) is 37.3 Å².